The van der Waals surface area contributed by atoms with Gasteiger partial charge in [-0.05, 0) is 36.6 Å². The summed E-state index contributed by atoms with van der Waals surface area (Å²) in [6, 6.07) is 5.78. The summed E-state index contributed by atoms with van der Waals surface area (Å²) < 4.78 is 67.4. The van der Waals surface area contributed by atoms with Crippen LogP contribution in [0.3, 0.4) is 0 Å². The summed E-state index contributed by atoms with van der Waals surface area (Å²) in [4.78, 5) is 35.7. The first kappa shape index (κ1) is 16.2. The fraction of sp³-hybridized carbons (Fsp3) is 0.304. The zero-order valence-corrected chi connectivity index (χ0v) is 17.1. The molecule has 0 bridgehead atoms. The molecule has 1 amide bonds. The summed E-state index contributed by atoms with van der Waals surface area (Å²) in [5.74, 6) is -1.99. The van der Waals surface area contributed by atoms with Gasteiger partial charge in [-0.1, -0.05) is 19.0 Å². The number of aryl methyl sites for hydroxylation is 1. The van der Waals surface area contributed by atoms with Gasteiger partial charge in [0.25, 0.3) is 11.5 Å². The fourth-order valence-electron chi connectivity index (χ4n) is 3.64. The molecule has 1 aliphatic rings. The average molecular weight is 444 g/mol. The van der Waals surface area contributed by atoms with Gasteiger partial charge in [-0.15, -0.1) is 0 Å². The highest BCUT2D eigenvalue weighted by atomic mass is 19.1. The lowest BCUT2D eigenvalue weighted by atomic mass is 10.00. The molecule has 0 aliphatic carbocycles. The summed E-state index contributed by atoms with van der Waals surface area (Å²) in [6.45, 7) is -2.10. The number of carbonyl (C=O) groups is 1. The zero-order valence-electron chi connectivity index (χ0n) is 22.1. The SMILES string of the molecule is [2H]C([2H])([2H])C([2H])([2H])c1nc2ccc(CN3CC=C(c4ccc(C(=O)NC)nc4F)CC3)c(F)c2[nH]c1=O. The van der Waals surface area contributed by atoms with Crippen molar-refractivity contribution in [3.8, 4) is 0 Å². The molecule has 0 radical (unpaired) electrons. The topological polar surface area (TPSA) is 91.0 Å². The molecule has 3 heterocycles. The molecule has 0 atom stereocenters. The van der Waals surface area contributed by atoms with Crippen LogP contribution in [0.5, 0.6) is 0 Å². The first-order chi connectivity index (χ1) is 17.3. The van der Waals surface area contributed by atoms with E-state index in [1.54, 1.807) is 6.08 Å². The van der Waals surface area contributed by atoms with E-state index in [9.17, 15) is 14.0 Å². The van der Waals surface area contributed by atoms with Crippen molar-refractivity contribution >= 4 is 22.5 Å². The van der Waals surface area contributed by atoms with E-state index in [1.807, 2.05) is 4.90 Å². The van der Waals surface area contributed by atoms with E-state index in [4.69, 9.17) is 6.85 Å². The van der Waals surface area contributed by atoms with Crippen LogP contribution >= 0.6 is 0 Å². The number of aromatic nitrogens is 3. The maximum Gasteiger partial charge on any atom is 0.270 e. The van der Waals surface area contributed by atoms with Gasteiger partial charge in [0.2, 0.25) is 5.95 Å². The third-order valence-electron chi connectivity index (χ3n) is 5.35. The Morgan fingerprint density at radius 2 is 2.16 bits per heavy atom. The van der Waals surface area contributed by atoms with Crippen molar-refractivity contribution in [1.82, 2.24) is 25.2 Å². The maximum absolute atomic E-state index is 15.2. The largest absolute Gasteiger partial charge is 0.354 e. The molecule has 1 aromatic carbocycles. The number of aromatic amines is 1. The number of nitrogens with zero attached hydrogens (tertiary/aromatic N) is 3. The number of H-pyrrole nitrogens is 1. The van der Waals surface area contributed by atoms with Crippen LogP contribution in [-0.4, -0.2) is 45.9 Å². The molecule has 166 valence electrons. The van der Waals surface area contributed by atoms with E-state index in [2.05, 4.69) is 20.3 Å². The van der Waals surface area contributed by atoms with E-state index in [0.29, 0.717) is 30.6 Å². The standard InChI is InChI=1S/C23H23F2N5O2/c1-3-16-23(32)29-20-17(27-16)6-4-14(19(20)24)12-30-10-8-13(9-11-30)15-5-7-18(22(31)26-2)28-21(15)25/h4-8H,3,9-12H2,1-2H3,(H,26,31)(H,29,32)/i1D3,3D2. The lowest BCUT2D eigenvalue weighted by Crippen LogP contribution is -2.29. The minimum absolute atomic E-state index is 0.0252. The number of halogens is 2. The zero-order chi connectivity index (χ0) is 27.1. The highest BCUT2D eigenvalue weighted by Crippen LogP contribution is 2.26. The number of hydrogen-bond acceptors (Lipinski definition) is 5. The number of hydrogen-bond donors (Lipinski definition) is 2. The van der Waals surface area contributed by atoms with Crippen LogP contribution in [0.15, 0.2) is 35.1 Å². The van der Waals surface area contributed by atoms with Crippen LogP contribution in [0.2, 0.25) is 0 Å². The minimum atomic E-state index is -3.13. The molecular weight excluding hydrogens is 416 g/mol. The summed E-state index contributed by atoms with van der Waals surface area (Å²) in [5, 5.41) is 2.39. The van der Waals surface area contributed by atoms with Crippen LogP contribution in [0.1, 0.15) is 47.4 Å². The molecule has 32 heavy (non-hydrogen) atoms. The van der Waals surface area contributed by atoms with Gasteiger partial charge < -0.3 is 10.3 Å². The van der Waals surface area contributed by atoms with Crippen LogP contribution in [0.25, 0.3) is 16.6 Å². The monoisotopic (exact) mass is 444 g/mol. The molecule has 0 spiro atoms. The summed E-state index contributed by atoms with van der Waals surface area (Å²) in [5.41, 5.74) is -1.05. The van der Waals surface area contributed by atoms with Gasteiger partial charge in [-0.3, -0.25) is 14.5 Å². The van der Waals surface area contributed by atoms with E-state index in [0.717, 1.165) is 0 Å². The van der Waals surface area contributed by atoms with Crippen LogP contribution in [-0.2, 0) is 12.9 Å². The Labute approximate surface area is 190 Å². The quantitative estimate of drug-likeness (QED) is 0.591. The van der Waals surface area contributed by atoms with Gasteiger partial charge in [-0.2, -0.15) is 4.39 Å². The third-order valence-corrected chi connectivity index (χ3v) is 5.35. The highest BCUT2D eigenvalue weighted by molar-refractivity contribution is 5.92. The second-order valence-corrected chi connectivity index (χ2v) is 7.30. The predicted octanol–water partition coefficient (Wildman–Crippen LogP) is 2.81. The van der Waals surface area contributed by atoms with Gasteiger partial charge in [0, 0.05) is 44.7 Å². The summed E-state index contributed by atoms with van der Waals surface area (Å²) in [6.07, 6.45) is -0.757. The number of amides is 1. The van der Waals surface area contributed by atoms with Gasteiger partial charge in [0.1, 0.15) is 16.9 Å². The van der Waals surface area contributed by atoms with E-state index in [1.165, 1.54) is 31.3 Å². The van der Waals surface area contributed by atoms with Gasteiger partial charge in [0.15, 0.2) is 5.82 Å². The third kappa shape index (κ3) is 4.16. The Kier molecular flexibility index (Phi) is 4.54. The molecule has 0 saturated heterocycles. The van der Waals surface area contributed by atoms with Crippen LogP contribution in [0, 0.1) is 11.8 Å². The average Bonchev–Trinajstić information content (AvgIpc) is 2.85. The highest BCUT2D eigenvalue weighted by Gasteiger charge is 2.20. The second-order valence-electron chi connectivity index (χ2n) is 7.30. The molecule has 0 saturated carbocycles. The van der Waals surface area contributed by atoms with Crippen molar-refractivity contribution in [3.63, 3.8) is 0 Å². The number of carbonyl (C=O) groups excluding carboxylic acids is 1. The van der Waals surface area contributed by atoms with Crippen molar-refractivity contribution < 1.29 is 20.4 Å². The number of pyridine rings is 1. The first-order valence-electron chi connectivity index (χ1n) is 12.4. The Balaban J connectivity index is 1.54. The van der Waals surface area contributed by atoms with Crippen LogP contribution in [0.4, 0.5) is 8.78 Å². The maximum atomic E-state index is 15.2. The molecule has 3 aromatic rings. The summed E-state index contributed by atoms with van der Waals surface area (Å²) in [7, 11) is 1.43. The normalized spacial score (nSPS) is 17.6. The van der Waals surface area contributed by atoms with Crippen molar-refractivity contribution in [3.05, 3.63) is 75.0 Å². The Morgan fingerprint density at radius 1 is 1.31 bits per heavy atom. The van der Waals surface area contributed by atoms with Crippen molar-refractivity contribution in [2.24, 2.45) is 0 Å². The van der Waals surface area contributed by atoms with E-state index in [-0.39, 0.29) is 28.8 Å². The fourth-order valence-corrected chi connectivity index (χ4v) is 3.64. The molecule has 2 aromatic heterocycles. The predicted molar refractivity (Wildman–Crippen MR) is 117 cm³/mol. The molecule has 7 nitrogen and oxygen atoms in total. The molecule has 0 unspecified atom stereocenters. The van der Waals surface area contributed by atoms with Gasteiger partial charge >= 0.3 is 0 Å². The Hall–Kier alpha value is -3.46. The molecule has 1 aliphatic heterocycles. The van der Waals surface area contributed by atoms with Gasteiger partial charge in [0.05, 0.1) is 5.52 Å². The lowest BCUT2D eigenvalue weighted by molar-refractivity contribution is 0.0957. The number of nitrogens with one attached hydrogen (secondary N) is 2. The number of rotatable bonds is 5. The van der Waals surface area contributed by atoms with Crippen molar-refractivity contribution in [2.45, 2.75) is 26.2 Å². The minimum Gasteiger partial charge on any atom is -0.354 e. The first-order valence-corrected chi connectivity index (χ1v) is 9.85. The molecule has 0 fully saturated rings. The Morgan fingerprint density at radius 3 is 2.84 bits per heavy atom. The lowest BCUT2D eigenvalue weighted by Gasteiger charge is -2.26. The van der Waals surface area contributed by atoms with E-state index < -0.39 is 42.2 Å². The van der Waals surface area contributed by atoms with Crippen molar-refractivity contribution in [2.75, 3.05) is 20.1 Å². The van der Waals surface area contributed by atoms with Gasteiger partial charge in [-0.25, -0.2) is 14.4 Å². The van der Waals surface area contributed by atoms with Crippen molar-refractivity contribution in [1.29, 1.82) is 0 Å². The Bertz CT molecular complexity index is 1470. The smallest absolute Gasteiger partial charge is 0.270 e. The molecule has 4 rings (SSSR count). The molecule has 9 heteroatoms. The second kappa shape index (κ2) is 8.96. The number of fused-ring (bicyclic) bond motifs is 1. The van der Waals surface area contributed by atoms with Crippen LogP contribution < -0.4 is 10.9 Å². The summed E-state index contributed by atoms with van der Waals surface area (Å²) >= 11 is 0. The van der Waals surface area contributed by atoms with E-state index >= 15 is 4.39 Å². The molecular formula is C23H23F2N5O2. The molecule has 2 N–H and O–H groups in total. The number of benzene rings is 1.